The van der Waals surface area contributed by atoms with Crippen molar-refractivity contribution in [1.29, 1.82) is 0 Å². The van der Waals surface area contributed by atoms with Gasteiger partial charge in [-0.1, -0.05) is 60.2 Å². The normalized spacial score (nSPS) is 18.2. The molecule has 2 aromatic carbocycles. The summed E-state index contributed by atoms with van der Waals surface area (Å²) >= 11 is 0. The average Bonchev–Trinajstić information content (AvgIpc) is 3.00. The number of nitrogens with one attached hydrogen (secondary N) is 1. The fourth-order valence-corrected chi connectivity index (χ4v) is 3.62. The zero-order valence-corrected chi connectivity index (χ0v) is 16.0. The average molecular weight is 385 g/mol. The fraction of sp³-hybridized carbons (Fsp3) is 0.125. The summed E-state index contributed by atoms with van der Waals surface area (Å²) in [7, 11) is 0. The number of aromatic nitrogens is 1. The van der Waals surface area contributed by atoms with Crippen LogP contribution >= 0.6 is 0 Å². The number of benzene rings is 2. The second kappa shape index (κ2) is 7.72. The summed E-state index contributed by atoms with van der Waals surface area (Å²) in [6, 6.07) is 19.6. The number of likely N-dealkylation sites (tertiary alicyclic amines) is 1. The fourth-order valence-electron chi connectivity index (χ4n) is 3.62. The second-order valence-electron chi connectivity index (χ2n) is 7.12. The van der Waals surface area contributed by atoms with Gasteiger partial charge in [-0.05, 0) is 18.6 Å². The van der Waals surface area contributed by atoms with Crippen LogP contribution < -0.4 is 4.98 Å². The Balaban J connectivity index is 1.86. The number of carbonyl (C=O) groups excluding carboxylic acids is 2. The summed E-state index contributed by atoms with van der Waals surface area (Å²) in [6.45, 7) is 2.23. The highest BCUT2D eigenvalue weighted by atomic mass is 16.3. The zero-order valence-electron chi connectivity index (χ0n) is 16.0. The molecule has 4 rings (SSSR count). The van der Waals surface area contributed by atoms with E-state index >= 15 is 0 Å². The molecule has 1 unspecified atom stereocenters. The molecule has 1 atom stereocenters. The summed E-state index contributed by atoms with van der Waals surface area (Å²) in [5, 5.41) is 11.0. The molecule has 5 heteroatoms. The summed E-state index contributed by atoms with van der Waals surface area (Å²) in [4.78, 5) is 30.4. The lowest BCUT2D eigenvalue weighted by molar-refractivity contribution is -0.378. The lowest BCUT2D eigenvalue weighted by Crippen LogP contribution is -2.29. The van der Waals surface area contributed by atoms with E-state index in [0.717, 1.165) is 16.7 Å². The number of ketones is 1. The molecule has 1 fully saturated rings. The monoisotopic (exact) mass is 385 g/mol. The molecule has 1 aromatic heterocycles. The first-order valence-corrected chi connectivity index (χ1v) is 9.41. The van der Waals surface area contributed by atoms with Gasteiger partial charge in [0.15, 0.2) is 12.4 Å². The quantitative estimate of drug-likeness (QED) is 0.425. The Morgan fingerprint density at radius 1 is 1.00 bits per heavy atom. The van der Waals surface area contributed by atoms with E-state index in [-0.39, 0.29) is 17.9 Å². The first-order chi connectivity index (χ1) is 14.1. The van der Waals surface area contributed by atoms with Crippen LogP contribution in [0.5, 0.6) is 0 Å². The third kappa shape index (κ3) is 3.55. The molecule has 1 saturated heterocycles. The first kappa shape index (κ1) is 18.6. The molecular weight excluding hydrogens is 364 g/mol. The van der Waals surface area contributed by atoms with E-state index in [1.54, 1.807) is 36.7 Å². The highest BCUT2D eigenvalue weighted by Gasteiger charge is 2.46. The Bertz CT molecular complexity index is 1070. The van der Waals surface area contributed by atoms with Crippen LogP contribution in [0.25, 0.3) is 5.76 Å². The number of aromatic amines is 1. The van der Waals surface area contributed by atoms with Crippen LogP contribution in [-0.4, -0.2) is 21.7 Å². The number of rotatable bonds is 4. The molecule has 1 amide bonds. The Morgan fingerprint density at radius 3 is 2.38 bits per heavy atom. The summed E-state index contributed by atoms with van der Waals surface area (Å²) in [5.41, 5.74) is 3.35. The van der Waals surface area contributed by atoms with Crippen molar-refractivity contribution in [2.24, 2.45) is 0 Å². The SMILES string of the molecule is Cc1ccc(C2C(=C(O)c3ccccc3)C(=O)C(=O)N2Cc2ccc[nH+]c2)cc1. The number of aliphatic hydroxyl groups excluding tert-OH is 1. The second-order valence-corrected chi connectivity index (χ2v) is 7.12. The predicted octanol–water partition coefficient (Wildman–Crippen LogP) is 3.43. The van der Waals surface area contributed by atoms with E-state index in [2.05, 4.69) is 4.98 Å². The van der Waals surface area contributed by atoms with Crippen molar-refractivity contribution >= 4 is 17.4 Å². The summed E-state index contributed by atoms with van der Waals surface area (Å²) in [5.74, 6) is -1.44. The van der Waals surface area contributed by atoms with Crippen molar-refractivity contribution < 1.29 is 19.7 Å². The van der Waals surface area contributed by atoms with Crippen molar-refractivity contribution in [3.63, 3.8) is 0 Å². The number of hydrogen-bond acceptors (Lipinski definition) is 3. The Kier molecular flexibility index (Phi) is 4.96. The number of aliphatic hydroxyl groups is 1. The minimum Gasteiger partial charge on any atom is -0.507 e. The van der Waals surface area contributed by atoms with Crippen molar-refractivity contribution in [2.75, 3.05) is 0 Å². The Morgan fingerprint density at radius 2 is 1.72 bits per heavy atom. The van der Waals surface area contributed by atoms with Gasteiger partial charge in [0, 0.05) is 17.2 Å². The Hall–Kier alpha value is -3.73. The van der Waals surface area contributed by atoms with Gasteiger partial charge in [0.2, 0.25) is 0 Å². The van der Waals surface area contributed by atoms with Crippen LogP contribution in [0, 0.1) is 6.92 Å². The molecule has 2 N–H and O–H groups in total. The molecule has 1 aliphatic rings. The molecule has 0 radical (unpaired) electrons. The topological polar surface area (TPSA) is 71.8 Å². The predicted molar refractivity (Wildman–Crippen MR) is 108 cm³/mol. The first-order valence-electron chi connectivity index (χ1n) is 9.41. The smallest absolute Gasteiger partial charge is 0.295 e. The molecule has 3 aromatic rings. The molecule has 144 valence electrons. The van der Waals surface area contributed by atoms with E-state index in [0.29, 0.717) is 5.56 Å². The summed E-state index contributed by atoms with van der Waals surface area (Å²) in [6.07, 6.45) is 3.58. The molecule has 0 aliphatic carbocycles. The third-order valence-electron chi connectivity index (χ3n) is 5.10. The Labute approximate surface area is 169 Å². The van der Waals surface area contributed by atoms with Gasteiger partial charge >= 0.3 is 0 Å². The minimum absolute atomic E-state index is 0.116. The van der Waals surface area contributed by atoms with Crippen LogP contribution in [0.2, 0.25) is 0 Å². The maximum Gasteiger partial charge on any atom is 0.295 e. The van der Waals surface area contributed by atoms with Gasteiger partial charge in [0.25, 0.3) is 11.7 Å². The molecule has 2 heterocycles. The third-order valence-corrected chi connectivity index (χ3v) is 5.10. The number of pyridine rings is 1. The van der Waals surface area contributed by atoms with Crippen molar-refractivity contribution in [1.82, 2.24) is 4.90 Å². The lowest BCUT2D eigenvalue weighted by atomic mass is 9.94. The van der Waals surface area contributed by atoms with Gasteiger partial charge in [-0.15, -0.1) is 0 Å². The van der Waals surface area contributed by atoms with Crippen molar-refractivity contribution in [3.8, 4) is 0 Å². The lowest BCUT2D eigenvalue weighted by Gasteiger charge is -2.25. The molecule has 1 aliphatic heterocycles. The van der Waals surface area contributed by atoms with Crippen molar-refractivity contribution in [2.45, 2.75) is 19.5 Å². The van der Waals surface area contributed by atoms with E-state index in [1.165, 1.54) is 4.90 Å². The van der Waals surface area contributed by atoms with Gasteiger partial charge in [-0.3, -0.25) is 9.59 Å². The van der Waals surface area contributed by atoms with Crippen LogP contribution in [0.15, 0.2) is 84.7 Å². The largest absolute Gasteiger partial charge is 0.507 e. The zero-order chi connectivity index (χ0) is 20.4. The van der Waals surface area contributed by atoms with Gasteiger partial charge in [-0.2, -0.15) is 0 Å². The number of nitrogens with zero attached hydrogens (tertiary/aromatic N) is 1. The number of H-pyrrole nitrogens is 1. The van der Waals surface area contributed by atoms with Crippen LogP contribution in [-0.2, 0) is 16.1 Å². The van der Waals surface area contributed by atoms with Gasteiger partial charge in [0.1, 0.15) is 5.76 Å². The molecule has 0 spiro atoms. The van der Waals surface area contributed by atoms with Gasteiger partial charge < -0.3 is 10.0 Å². The number of amides is 1. The van der Waals surface area contributed by atoms with Gasteiger partial charge in [-0.25, -0.2) is 4.98 Å². The number of aryl methyl sites for hydroxylation is 1. The molecular formula is C24H21N2O3+. The van der Waals surface area contributed by atoms with E-state index in [1.807, 2.05) is 49.4 Å². The standard InChI is InChI=1S/C24H20N2O3/c1-16-9-11-18(12-10-16)21-20(22(27)19-7-3-2-4-8-19)23(28)24(29)26(21)15-17-6-5-13-25-14-17/h2-14,21,27H,15H2,1H3/p+1. The molecule has 5 nitrogen and oxygen atoms in total. The highest BCUT2D eigenvalue weighted by Crippen LogP contribution is 2.40. The van der Waals surface area contributed by atoms with Crippen LogP contribution in [0.3, 0.4) is 0 Å². The minimum atomic E-state index is -0.670. The number of hydrogen-bond donors (Lipinski definition) is 1. The van der Waals surface area contributed by atoms with E-state index in [9.17, 15) is 14.7 Å². The maximum absolute atomic E-state index is 13.0. The van der Waals surface area contributed by atoms with Gasteiger partial charge in [0.05, 0.1) is 18.2 Å². The maximum atomic E-state index is 13.0. The number of carbonyl (C=O) groups is 2. The summed E-state index contributed by atoms with van der Waals surface area (Å²) < 4.78 is 0. The molecule has 29 heavy (non-hydrogen) atoms. The van der Waals surface area contributed by atoms with E-state index in [4.69, 9.17) is 0 Å². The molecule has 0 saturated carbocycles. The highest BCUT2D eigenvalue weighted by molar-refractivity contribution is 6.46. The van der Waals surface area contributed by atoms with Crippen molar-refractivity contribution in [3.05, 3.63) is 107 Å². The van der Waals surface area contributed by atoms with E-state index < -0.39 is 17.7 Å². The van der Waals surface area contributed by atoms with Crippen LogP contribution in [0.1, 0.15) is 28.3 Å². The van der Waals surface area contributed by atoms with Crippen LogP contribution in [0.4, 0.5) is 0 Å². The molecule has 0 bridgehead atoms. The number of Topliss-reactive ketones (excluding diaryl/α,β-unsaturated/α-hetero) is 1.